The fourth-order valence-corrected chi connectivity index (χ4v) is 2.63. The number of hydrogen-bond acceptors (Lipinski definition) is 4. The molecule has 0 unspecified atom stereocenters. The summed E-state index contributed by atoms with van der Waals surface area (Å²) in [5.74, 6) is 0.308. The number of anilines is 1. The SMILES string of the molecule is CC(C)CN(c1ccc(C(=O)O)nn1)C1CCCC1. The molecule has 0 saturated heterocycles. The number of nitrogens with zero attached hydrogens (tertiary/aromatic N) is 3. The summed E-state index contributed by atoms with van der Waals surface area (Å²) in [6.45, 7) is 5.30. The Morgan fingerprint density at radius 3 is 2.53 bits per heavy atom. The molecule has 104 valence electrons. The van der Waals surface area contributed by atoms with Gasteiger partial charge in [-0.25, -0.2) is 4.79 Å². The van der Waals surface area contributed by atoms with Crippen LogP contribution in [0.3, 0.4) is 0 Å². The third-order valence-corrected chi connectivity index (χ3v) is 3.49. The monoisotopic (exact) mass is 263 g/mol. The van der Waals surface area contributed by atoms with Crippen molar-refractivity contribution in [2.24, 2.45) is 5.92 Å². The zero-order valence-electron chi connectivity index (χ0n) is 11.5. The first-order chi connectivity index (χ1) is 9.08. The zero-order valence-corrected chi connectivity index (χ0v) is 11.5. The third kappa shape index (κ3) is 3.43. The van der Waals surface area contributed by atoms with E-state index >= 15 is 0 Å². The molecular weight excluding hydrogens is 242 g/mol. The van der Waals surface area contributed by atoms with Crippen LogP contribution in [0.25, 0.3) is 0 Å². The smallest absolute Gasteiger partial charge is 0.356 e. The van der Waals surface area contributed by atoms with Gasteiger partial charge in [0.15, 0.2) is 11.5 Å². The summed E-state index contributed by atoms with van der Waals surface area (Å²) in [6.07, 6.45) is 4.91. The topological polar surface area (TPSA) is 66.3 Å². The lowest BCUT2D eigenvalue weighted by Gasteiger charge is -2.31. The molecular formula is C14H21N3O2. The first kappa shape index (κ1) is 13.8. The summed E-state index contributed by atoms with van der Waals surface area (Å²) in [6, 6.07) is 3.83. The maximum absolute atomic E-state index is 10.8. The van der Waals surface area contributed by atoms with Gasteiger partial charge >= 0.3 is 5.97 Å². The minimum atomic E-state index is -1.03. The lowest BCUT2D eigenvalue weighted by atomic mass is 10.1. The summed E-state index contributed by atoms with van der Waals surface area (Å²) in [5.41, 5.74) is -0.000307. The quantitative estimate of drug-likeness (QED) is 0.884. The number of carbonyl (C=O) groups is 1. The zero-order chi connectivity index (χ0) is 13.8. The second-order valence-corrected chi connectivity index (χ2v) is 5.57. The highest BCUT2D eigenvalue weighted by Gasteiger charge is 2.24. The molecule has 1 aliphatic rings. The van der Waals surface area contributed by atoms with Crippen molar-refractivity contribution in [1.29, 1.82) is 0 Å². The average molecular weight is 263 g/mol. The number of rotatable bonds is 5. The van der Waals surface area contributed by atoms with Crippen LogP contribution in [0.1, 0.15) is 50.0 Å². The Bertz CT molecular complexity index is 425. The van der Waals surface area contributed by atoms with Gasteiger partial charge in [0, 0.05) is 12.6 Å². The van der Waals surface area contributed by atoms with Gasteiger partial charge in [-0.2, -0.15) is 0 Å². The Balaban J connectivity index is 2.18. The Kier molecular flexibility index (Phi) is 4.35. The van der Waals surface area contributed by atoms with E-state index in [9.17, 15) is 4.79 Å². The van der Waals surface area contributed by atoms with Gasteiger partial charge in [0.05, 0.1) is 0 Å². The number of aromatic nitrogens is 2. The van der Waals surface area contributed by atoms with Gasteiger partial charge in [0.2, 0.25) is 0 Å². The molecule has 1 fully saturated rings. The Morgan fingerprint density at radius 2 is 2.05 bits per heavy atom. The molecule has 19 heavy (non-hydrogen) atoms. The van der Waals surface area contributed by atoms with E-state index in [2.05, 4.69) is 28.9 Å². The van der Waals surface area contributed by atoms with Crippen molar-refractivity contribution >= 4 is 11.8 Å². The second kappa shape index (κ2) is 5.99. The van der Waals surface area contributed by atoms with Gasteiger partial charge in [0.25, 0.3) is 0 Å². The average Bonchev–Trinajstić information content (AvgIpc) is 2.89. The van der Waals surface area contributed by atoms with Crippen molar-refractivity contribution < 1.29 is 9.90 Å². The first-order valence-electron chi connectivity index (χ1n) is 6.91. The van der Waals surface area contributed by atoms with Crippen molar-refractivity contribution in [2.75, 3.05) is 11.4 Å². The molecule has 1 N–H and O–H groups in total. The number of aromatic carboxylic acids is 1. The lowest BCUT2D eigenvalue weighted by molar-refractivity contribution is 0.0689. The number of carboxylic acids is 1. The standard InChI is InChI=1S/C14H21N3O2/c1-10(2)9-17(11-5-3-4-6-11)13-8-7-12(14(18)19)15-16-13/h7-8,10-11H,3-6,9H2,1-2H3,(H,18,19). The summed E-state index contributed by atoms with van der Waals surface area (Å²) in [4.78, 5) is 13.1. The fraction of sp³-hybridized carbons (Fsp3) is 0.643. The summed E-state index contributed by atoms with van der Waals surface area (Å²) in [5, 5.41) is 16.7. The first-order valence-corrected chi connectivity index (χ1v) is 6.91. The molecule has 0 aliphatic heterocycles. The van der Waals surface area contributed by atoms with E-state index in [0.29, 0.717) is 12.0 Å². The van der Waals surface area contributed by atoms with Crippen molar-refractivity contribution in [3.63, 3.8) is 0 Å². The van der Waals surface area contributed by atoms with Crippen LogP contribution in [-0.2, 0) is 0 Å². The van der Waals surface area contributed by atoms with Crippen LogP contribution >= 0.6 is 0 Å². The minimum Gasteiger partial charge on any atom is -0.476 e. The highest BCUT2D eigenvalue weighted by Crippen LogP contribution is 2.27. The van der Waals surface area contributed by atoms with E-state index in [4.69, 9.17) is 5.11 Å². The highest BCUT2D eigenvalue weighted by molar-refractivity contribution is 5.85. The summed E-state index contributed by atoms with van der Waals surface area (Å²) in [7, 11) is 0. The van der Waals surface area contributed by atoms with E-state index in [1.807, 2.05) is 0 Å². The Labute approximate surface area is 113 Å². The van der Waals surface area contributed by atoms with Crippen LogP contribution in [-0.4, -0.2) is 33.9 Å². The molecule has 0 spiro atoms. The maximum Gasteiger partial charge on any atom is 0.356 e. The normalized spacial score (nSPS) is 15.9. The predicted octanol–water partition coefficient (Wildman–Crippen LogP) is 2.58. The van der Waals surface area contributed by atoms with Crippen LogP contribution in [0.15, 0.2) is 12.1 Å². The lowest BCUT2D eigenvalue weighted by Crippen LogP contribution is -2.37. The predicted molar refractivity (Wildman–Crippen MR) is 73.4 cm³/mol. The molecule has 1 aromatic heterocycles. The molecule has 5 nitrogen and oxygen atoms in total. The van der Waals surface area contributed by atoms with Crippen molar-refractivity contribution in [3.05, 3.63) is 17.8 Å². The second-order valence-electron chi connectivity index (χ2n) is 5.57. The maximum atomic E-state index is 10.8. The molecule has 0 radical (unpaired) electrons. The Morgan fingerprint density at radius 1 is 1.37 bits per heavy atom. The van der Waals surface area contributed by atoms with Crippen LogP contribution < -0.4 is 4.90 Å². The molecule has 5 heteroatoms. The van der Waals surface area contributed by atoms with Gasteiger partial charge < -0.3 is 10.0 Å². The highest BCUT2D eigenvalue weighted by atomic mass is 16.4. The molecule has 1 aliphatic carbocycles. The van der Waals surface area contributed by atoms with Gasteiger partial charge in [-0.1, -0.05) is 26.7 Å². The molecule has 1 saturated carbocycles. The minimum absolute atomic E-state index is 0.000307. The van der Waals surface area contributed by atoms with Crippen LogP contribution in [0.4, 0.5) is 5.82 Å². The van der Waals surface area contributed by atoms with E-state index in [1.54, 1.807) is 6.07 Å². The molecule has 2 rings (SSSR count). The van der Waals surface area contributed by atoms with E-state index in [-0.39, 0.29) is 5.69 Å². The molecule has 0 bridgehead atoms. The van der Waals surface area contributed by atoms with Crippen molar-refractivity contribution in [2.45, 2.75) is 45.6 Å². The van der Waals surface area contributed by atoms with Crippen molar-refractivity contribution in [1.82, 2.24) is 10.2 Å². The van der Waals surface area contributed by atoms with Gasteiger partial charge in [0.1, 0.15) is 0 Å². The summed E-state index contributed by atoms with van der Waals surface area (Å²) < 4.78 is 0. The summed E-state index contributed by atoms with van der Waals surface area (Å²) >= 11 is 0. The number of carboxylic acid groups (broad SMARTS) is 1. The van der Waals surface area contributed by atoms with Crippen LogP contribution in [0.5, 0.6) is 0 Å². The number of hydrogen-bond donors (Lipinski definition) is 1. The molecule has 0 aromatic carbocycles. The van der Waals surface area contributed by atoms with Gasteiger partial charge in [-0.15, -0.1) is 10.2 Å². The Hall–Kier alpha value is -1.65. The fourth-order valence-electron chi connectivity index (χ4n) is 2.63. The molecule has 0 atom stereocenters. The van der Waals surface area contributed by atoms with Crippen LogP contribution in [0.2, 0.25) is 0 Å². The van der Waals surface area contributed by atoms with Gasteiger partial charge in [-0.05, 0) is 30.9 Å². The largest absolute Gasteiger partial charge is 0.476 e. The van der Waals surface area contributed by atoms with E-state index in [1.165, 1.54) is 31.7 Å². The molecule has 1 aromatic rings. The van der Waals surface area contributed by atoms with E-state index < -0.39 is 5.97 Å². The molecule has 1 heterocycles. The van der Waals surface area contributed by atoms with Gasteiger partial charge in [-0.3, -0.25) is 0 Å². The van der Waals surface area contributed by atoms with E-state index in [0.717, 1.165) is 12.4 Å². The van der Waals surface area contributed by atoms with Crippen LogP contribution in [0, 0.1) is 5.92 Å². The van der Waals surface area contributed by atoms with Crippen molar-refractivity contribution in [3.8, 4) is 0 Å². The third-order valence-electron chi connectivity index (χ3n) is 3.49. The molecule has 0 amide bonds.